The number of quaternary nitrogens is 1. The highest BCUT2D eigenvalue weighted by Crippen LogP contribution is 2.70. The molecule has 0 aromatic heterocycles. The summed E-state index contributed by atoms with van der Waals surface area (Å²) in [6.45, 7) is 1.48. The van der Waals surface area contributed by atoms with Gasteiger partial charge in [-0.15, -0.1) is 0 Å². The monoisotopic (exact) mass is 318 g/mol. The van der Waals surface area contributed by atoms with E-state index >= 15 is 0 Å². The molecule has 1 aliphatic heterocycles. The molecule has 8 nitrogen and oxygen atoms in total. The minimum atomic E-state index is -5.32. The number of likely N-dealkylation sites (tertiary alicyclic amines) is 1. The Labute approximate surface area is 112 Å². The summed E-state index contributed by atoms with van der Waals surface area (Å²) < 4.78 is 23.2. The highest BCUT2D eigenvalue weighted by molar-refractivity contribution is 7.72. The van der Waals surface area contributed by atoms with Gasteiger partial charge in [-0.05, 0) is 18.8 Å². The first-order valence-corrected chi connectivity index (χ1v) is 9.17. The molecule has 1 heterocycles. The second-order valence-electron chi connectivity index (χ2n) is 5.89. The molecule has 1 aliphatic rings. The fraction of sp³-hybridized carbons (Fsp3) is 1.00. The van der Waals surface area contributed by atoms with Crippen LogP contribution in [0.2, 0.25) is 0 Å². The summed E-state index contributed by atoms with van der Waals surface area (Å²) in [7, 11) is -6.62. The smallest absolute Gasteiger partial charge is 0.368 e. The highest BCUT2D eigenvalue weighted by Gasteiger charge is 2.60. The molecule has 0 aromatic carbocycles. The maximum atomic E-state index is 11.2. The van der Waals surface area contributed by atoms with E-state index in [4.69, 9.17) is 19.6 Å². The van der Waals surface area contributed by atoms with Crippen LogP contribution in [0.4, 0.5) is 0 Å². The van der Waals surface area contributed by atoms with Crippen molar-refractivity contribution >= 4 is 15.2 Å². The maximum absolute atomic E-state index is 11.2. The summed E-state index contributed by atoms with van der Waals surface area (Å²) >= 11 is 0. The van der Waals surface area contributed by atoms with Gasteiger partial charge in [-0.3, -0.25) is 9.13 Å². The fourth-order valence-corrected chi connectivity index (χ4v) is 4.67. The van der Waals surface area contributed by atoms with Crippen LogP contribution < -0.4 is 0 Å². The van der Waals surface area contributed by atoms with Gasteiger partial charge in [0.15, 0.2) is 0 Å². The minimum absolute atomic E-state index is 0.309. The summed E-state index contributed by atoms with van der Waals surface area (Å²) in [4.78, 5) is 36.3. The third-order valence-electron chi connectivity index (χ3n) is 3.78. The van der Waals surface area contributed by atoms with Gasteiger partial charge in [0.1, 0.15) is 0 Å². The molecule has 0 saturated carbocycles. The van der Waals surface area contributed by atoms with Crippen LogP contribution in [0.3, 0.4) is 0 Å². The van der Waals surface area contributed by atoms with Crippen molar-refractivity contribution in [2.75, 3.05) is 27.2 Å². The van der Waals surface area contributed by atoms with Gasteiger partial charge in [0, 0.05) is 6.42 Å². The Morgan fingerprint density at radius 1 is 1.05 bits per heavy atom. The van der Waals surface area contributed by atoms with Crippen molar-refractivity contribution < 1.29 is 38.3 Å². The van der Waals surface area contributed by atoms with E-state index in [9.17, 15) is 14.2 Å². The van der Waals surface area contributed by atoms with E-state index in [2.05, 4.69) is 0 Å². The molecule has 114 valence electrons. The van der Waals surface area contributed by atoms with Crippen LogP contribution in [-0.4, -0.2) is 61.4 Å². The lowest BCUT2D eigenvalue weighted by molar-refractivity contribution is -0.896. The van der Waals surface area contributed by atoms with Gasteiger partial charge in [-0.2, -0.15) is 0 Å². The summed E-state index contributed by atoms with van der Waals surface area (Å²) in [5.41, 5.74) is 0. The SMILES string of the molecule is C[N+]1(C)CCC(CC(O)(P(=O)(O)O)P(=O)(O)O)CC1. The molecule has 0 unspecified atom stereocenters. The van der Waals surface area contributed by atoms with E-state index in [1.807, 2.05) is 14.1 Å². The zero-order valence-electron chi connectivity index (χ0n) is 11.0. The Balaban J connectivity index is 2.88. The van der Waals surface area contributed by atoms with Crippen LogP contribution in [0.15, 0.2) is 0 Å². The van der Waals surface area contributed by atoms with Crippen LogP contribution in [0.1, 0.15) is 19.3 Å². The number of hydrogen-bond donors (Lipinski definition) is 5. The van der Waals surface area contributed by atoms with Crippen LogP contribution in [0.5, 0.6) is 0 Å². The van der Waals surface area contributed by atoms with Gasteiger partial charge < -0.3 is 29.2 Å². The van der Waals surface area contributed by atoms with E-state index in [0.29, 0.717) is 12.8 Å². The van der Waals surface area contributed by atoms with Gasteiger partial charge in [-0.25, -0.2) is 0 Å². The Morgan fingerprint density at radius 2 is 1.42 bits per heavy atom. The number of hydrogen-bond acceptors (Lipinski definition) is 3. The van der Waals surface area contributed by atoms with Crippen molar-refractivity contribution in [2.45, 2.75) is 24.3 Å². The molecule has 1 rings (SSSR count). The third kappa shape index (κ3) is 3.86. The van der Waals surface area contributed by atoms with Crippen molar-refractivity contribution in [3.05, 3.63) is 0 Å². The maximum Gasteiger partial charge on any atom is 0.369 e. The van der Waals surface area contributed by atoms with Crippen molar-refractivity contribution in [1.82, 2.24) is 0 Å². The molecule has 0 atom stereocenters. The third-order valence-corrected chi connectivity index (χ3v) is 7.58. The zero-order chi connectivity index (χ0) is 15.1. The number of aliphatic hydroxyl groups is 1. The van der Waals surface area contributed by atoms with Crippen LogP contribution in [0, 0.1) is 5.92 Å². The van der Waals surface area contributed by atoms with Gasteiger partial charge in [-0.1, -0.05) is 0 Å². The first-order valence-electron chi connectivity index (χ1n) is 5.94. The van der Waals surface area contributed by atoms with Crippen LogP contribution >= 0.6 is 15.2 Å². The fourth-order valence-electron chi connectivity index (χ4n) is 2.32. The number of piperidine rings is 1. The Bertz CT molecular complexity index is 394. The van der Waals surface area contributed by atoms with Crippen molar-refractivity contribution in [2.24, 2.45) is 5.92 Å². The quantitative estimate of drug-likeness (QED) is 0.360. The Hall–Kier alpha value is 0.220. The second kappa shape index (κ2) is 5.20. The van der Waals surface area contributed by atoms with Crippen molar-refractivity contribution in [3.63, 3.8) is 0 Å². The Kier molecular flexibility index (Phi) is 4.73. The van der Waals surface area contributed by atoms with E-state index in [1.54, 1.807) is 0 Å². The predicted molar refractivity (Wildman–Crippen MR) is 68.2 cm³/mol. The molecule has 0 aromatic rings. The molecule has 0 radical (unpaired) electrons. The van der Waals surface area contributed by atoms with Gasteiger partial charge in [0.05, 0.1) is 27.2 Å². The largest absolute Gasteiger partial charge is 0.369 e. The number of nitrogens with zero attached hydrogens (tertiary/aromatic N) is 1. The topological polar surface area (TPSA) is 135 Å². The summed E-state index contributed by atoms with van der Waals surface area (Å²) in [5, 5.41) is 6.57. The average Bonchev–Trinajstić information content (AvgIpc) is 2.17. The van der Waals surface area contributed by atoms with Gasteiger partial charge in [0.2, 0.25) is 0 Å². The van der Waals surface area contributed by atoms with E-state index < -0.39 is 26.7 Å². The molecule has 5 N–H and O–H groups in total. The molecular formula is C9H22NO7P2+. The normalized spacial score (nSPS) is 22.5. The number of rotatable bonds is 4. The lowest BCUT2D eigenvalue weighted by atomic mass is 9.93. The lowest BCUT2D eigenvalue weighted by Gasteiger charge is -2.39. The highest BCUT2D eigenvalue weighted by atomic mass is 31.2. The minimum Gasteiger partial charge on any atom is -0.368 e. The van der Waals surface area contributed by atoms with Gasteiger partial charge in [0.25, 0.3) is 5.08 Å². The predicted octanol–water partition coefficient (Wildman–Crippen LogP) is -0.136. The van der Waals surface area contributed by atoms with Crippen LogP contribution in [-0.2, 0) is 9.13 Å². The first-order chi connectivity index (χ1) is 8.29. The van der Waals surface area contributed by atoms with E-state index in [0.717, 1.165) is 17.6 Å². The summed E-state index contributed by atoms with van der Waals surface area (Å²) in [6, 6.07) is 0. The zero-order valence-corrected chi connectivity index (χ0v) is 12.8. The summed E-state index contributed by atoms with van der Waals surface area (Å²) in [5.74, 6) is -0.309. The second-order valence-corrected chi connectivity index (χ2v) is 9.90. The van der Waals surface area contributed by atoms with Crippen molar-refractivity contribution in [3.8, 4) is 0 Å². The molecule has 0 amide bonds. The molecule has 10 heteroatoms. The molecule has 19 heavy (non-hydrogen) atoms. The van der Waals surface area contributed by atoms with Gasteiger partial charge >= 0.3 is 15.2 Å². The molecule has 1 saturated heterocycles. The molecule has 1 fully saturated rings. The van der Waals surface area contributed by atoms with E-state index in [-0.39, 0.29) is 5.92 Å². The molecule has 0 bridgehead atoms. The molecule has 0 aliphatic carbocycles. The Morgan fingerprint density at radius 3 is 1.74 bits per heavy atom. The van der Waals surface area contributed by atoms with Crippen LogP contribution in [0.25, 0.3) is 0 Å². The summed E-state index contributed by atoms with van der Waals surface area (Å²) in [6.07, 6.45) is 0.548. The first kappa shape index (κ1) is 17.3. The van der Waals surface area contributed by atoms with Crippen molar-refractivity contribution in [1.29, 1.82) is 0 Å². The standard InChI is InChI=1S/C9H21NO7P2/c1-10(2)5-3-8(4-6-10)7-9(11,18(12,13)14)19(15,16)17/h8,11H,3-7H2,1-2H3,(H3-,12,13,14,15,16,17)/p+1. The average molecular weight is 318 g/mol. The van der Waals surface area contributed by atoms with E-state index in [1.165, 1.54) is 0 Å². The molecular weight excluding hydrogens is 296 g/mol. The molecule has 0 spiro atoms. The lowest BCUT2D eigenvalue weighted by Crippen LogP contribution is -2.47.